The molecule has 0 saturated carbocycles. The predicted octanol–water partition coefficient (Wildman–Crippen LogP) is 3.43. The largest absolute Gasteiger partial charge is 0.477 e. The molecule has 104 valence electrons. The fraction of sp³-hybridized carbons (Fsp3) is 0.154. The van der Waals surface area contributed by atoms with Crippen molar-refractivity contribution in [2.75, 3.05) is 0 Å². The SMILES string of the molecule is CCn1c(C(=O)O)ccc1-c1ccc(Cl)cc1[N+](=O)[O-]. The number of carboxylic acids is 1. The Bertz CT molecular complexity index is 694. The molecule has 7 heteroatoms. The Balaban J connectivity index is 2.69. The van der Waals surface area contributed by atoms with Crippen molar-refractivity contribution in [3.8, 4) is 11.3 Å². The molecule has 0 saturated heterocycles. The highest BCUT2D eigenvalue weighted by Crippen LogP contribution is 2.33. The van der Waals surface area contributed by atoms with Crippen LogP contribution in [0.1, 0.15) is 17.4 Å². The number of hydrogen-bond donors (Lipinski definition) is 1. The first-order valence-electron chi connectivity index (χ1n) is 5.82. The van der Waals surface area contributed by atoms with Crippen LogP contribution in [0.25, 0.3) is 11.3 Å². The molecular formula is C13H11ClN2O4. The summed E-state index contributed by atoms with van der Waals surface area (Å²) in [6.07, 6.45) is 0. The zero-order valence-electron chi connectivity index (χ0n) is 10.5. The molecule has 0 spiro atoms. The molecule has 1 N–H and O–H groups in total. The van der Waals surface area contributed by atoms with Crippen LogP contribution in [0.15, 0.2) is 30.3 Å². The summed E-state index contributed by atoms with van der Waals surface area (Å²) in [5, 5.41) is 20.5. The fourth-order valence-electron chi connectivity index (χ4n) is 2.10. The van der Waals surface area contributed by atoms with Gasteiger partial charge in [-0.25, -0.2) is 4.79 Å². The van der Waals surface area contributed by atoms with Crippen molar-refractivity contribution in [2.45, 2.75) is 13.5 Å². The van der Waals surface area contributed by atoms with Gasteiger partial charge in [0, 0.05) is 17.6 Å². The molecular weight excluding hydrogens is 284 g/mol. The monoisotopic (exact) mass is 294 g/mol. The summed E-state index contributed by atoms with van der Waals surface area (Å²) in [7, 11) is 0. The van der Waals surface area contributed by atoms with E-state index >= 15 is 0 Å². The lowest BCUT2D eigenvalue weighted by molar-refractivity contribution is -0.384. The van der Waals surface area contributed by atoms with Gasteiger partial charge in [-0.15, -0.1) is 0 Å². The van der Waals surface area contributed by atoms with Crippen LogP contribution in [0, 0.1) is 10.1 Å². The van der Waals surface area contributed by atoms with Gasteiger partial charge in [-0.2, -0.15) is 0 Å². The molecule has 0 bridgehead atoms. The summed E-state index contributed by atoms with van der Waals surface area (Å²) in [5.41, 5.74) is 0.760. The number of nitrogens with zero attached hydrogens (tertiary/aromatic N) is 2. The van der Waals surface area contributed by atoms with Crippen molar-refractivity contribution in [1.82, 2.24) is 4.57 Å². The first-order valence-corrected chi connectivity index (χ1v) is 6.20. The molecule has 6 nitrogen and oxygen atoms in total. The quantitative estimate of drug-likeness (QED) is 0.691. The lowest BCUT2D eigenvalue weighted by Gasteiger charge is -2.09. The van der Waals surface area contributed by atoms with Crippen molar-refractivity contribution in [1.29, 1.82) is 0 Å². The Morgan fingerprint density at radius 1 is 1.40 bits per heavy atom. The van der Waals surface area contributed by atoms with E-state index in [0.717, 1.165) is 0 Å². The summed E-state index contributed by atoms with van der Waals surface area (Å²) in [4.78, 5) is 21.7. The number of halogens is 1. The minimum atomic E-state index is -1.07. The molecule has 2 rings (SSSR count). The van der Waals surface area contributed by atoms with E-state index in [1.54, 1.807) is 13.0 Å². The van der Waals surface area contributed by atoms with E-state index in [1.807, 2.05) is 0 Å². The molecule has 0 aliphatic rings. The van der Waals surface area contributed by atoms with E-state index in [2.05, 4.69) is 0 Å². The number of carboxylic acid groups (broad SMARTS) is 1. The van der Waals surface area contributed by atoms with Crippen LogP contribution in [0.5, 0.6) is 0 Å². The maximum Gasteiger partial charge on any atom is 0.352 e. The molecule has 1 aromatic heterocycles. The second-order valence-electron chi connectivity index (χ2n) is 4.07. The highest BCUT2D eigenvalue weighted by Gasteiger charge is 2.21. The van der Waals surface area contributed by atoms with Crippen molar-refractivity contribution in [3.63, 3.8) is 0 Å². The number of hydrogen-bond acceptors (Lipinski definition) is 3. The van der Waals surface area contributed by atoms with Gasteiger partial charge in [-0.3, -0.25) is 10.1 Å². The molecule has 0 fully saturated rings. The second-order valence-corrected chi connectivity index (χ2v) is 4.51. The van der Waals surface area contributed by atoms with E-state index in [1.165, 1.54) is 28.8 Å². The number of aromatic nitrogens is 1. The molecule has 1 aromatic carbocycles. The Morgan fingerprint density at radius 3 is 2.65 bits per heavy atom. The Kier molecular flexibility index (Phi) is 3.76. The number of nitro groups is 1. The maximum absolute atomic E-state index is 11.1. The highest BCUT2D eigenvalue weighted by molar-refractivity contribution is 6.30. The van der Waals surface area contributed by atoms with Gasteiger partial charge in [0.25, 0.3) is 5.69 Å². The Labute approximate surface area is 119 Å². The van der Waals surface area contributed by atoms with Crippen molar-refractivity contribution in [2.24, 2.45) is 0 Å². The number of carbonyl (C=O) groups is 1. The van der Waals surface area contributed by atoms with E-state index in [9.17, 15) is 14.9 Å². The number of aromatic carboxylic acids is 1. The molecule has 0 aliphatic heterocycles. The molecule has 0 atom stereocenters. The molecule has 20 heavy (non-hydrogen) atoms. The average Bonchev–Trinajstić information content (AvgIpc) is 2.82. The minimum absolute atomic E-state index is 0.0896. The van der Waals surface area contributed by atoms with Gasteiger partial charge >= 0.3 is 5.97 Å². The maximum atomic E-state index is 11.1. The molecule has 1 heterocycles. The van der Waals surface area contributed by atoms with E-state index in [-0.39, 0.29) is 16.4 Å². The minimum Gasteiger partial charge on any atom is -0.477 e. The van der Waals surface area contributed by atoms with Gasteiger partial charge in [0.2, 0.25) is 0 Å². The van der Waals surface area contributed by atoms with E-state index in [4.69, 9.17) is 16.7 Å². The topological polar surface area (TPSA) is 85.4 Å². The molecule has 0 aliphatic carbocycles. The fourth-order valence-corrected chi connectivity index (χ4v) is 2.27. The van der Waals surface area contributed by atoms with Crippen molar-refractivity contribution >= 4 is 23.3 Å². The molecule has 2 aromatic rings. The van der Waals surface area contributed by atoms with Crippen LogP contribution in [0.3, 0.4) is 0 Å². The number of rotatable bonds is 4. The first-order chi connectivity index (χ1) is 9.45. The number of nitro benzene ring substituents is 1. The first kappa shape index (κ1) is 14.1. The molecule has 0 unspecified atom stereocenters. The number of benzene rings is 1. The lowest BCUT2D eigenvalue weighted by Crippen LogP contribution is -2.08. The van der Waals surface area contributed by atoms with Gasteiger partial charge < -0.3 is 9.67 Å². The van der Waals surface area contributed by atoms with Gasteiger partial charge in [-0.1, -0.05) is 11.6 Å². The summed E-state index contributed by atoms with van der Waals surface area (Å²) < 4.78 is 1.51. The van der Waals surface area contributed by atoms with Crippen LogP contribution in [0.4, 0.5) is 5.69 Å². The predicted molar refractivity (Wildman–Crippen MR) is 74.2 cm³/mol. The molecule has 0 amide bonds. The van der Waals surface area contributed by atoms with Crippen LogP contribution < -0.4 is 0 Å². The summed E-state index contributed by atoms with van der Waals surface area (Å²) in [5.74, 6) is -1.07. The average molecular weight is 295 g/mol. The van der Waals surface area contributed by atoms with Crippen LogP contribution >= 0.6 is 11.6 Å². The second kappa shape index (κ2) is 5.34. The summed E-state index contributed by atoms with van der Waals surface area (Å²) >= 11 is 5.77. The summed E-state index contributed by atoms with van der Waals surface area (Å²) in [6, 6.07) is 7.30. The smallest absolute Gasteiger partial charge is 0.352 e. The van der Waals surface area contributed by atoms with Crippen LogP contribution in [-0.4, -0.2) is 20.6 Å². The van der Waals surface area contributed by atoms with E-state index < -0.39 is 10.9 Å². The zero-order valence-corrected chi connectivity index (χ0v) is 11.3. The van der Waals surface area contributed by atoms with Gasteiger partial charge in [-0.05, 0) is 31.2 Å². The van der Waals surface area contributed by atoms with Gasteiger partial charge in [0.15, 0.2) is 0 Å². The molecule has 0 radical (unpaired) electrons. The standard InChI is InChI=1S/C13H11ClN2O4/c1-2-15-10(5-6-11(15)13(17)18)9-4-3-8(14)7-12(9)16(19)20/h3-7H,2H2,1H3,(H,17,18). The highest BCUT2D eigenvalue weighted by atomic mass is 35.5. The third-order valence-electron chi connectivity index (χ3n) is 2.95. The van der Waals surface area contributed by atoms with Crippen molar-refractivity contribution in [3.05, 3.63) is 51.2 Å². The Hall–Kier alpha value is -2.34. The van der Waals surface area contributed by atoms with Gasteiger partial charge in [0.05, 0.1) is 16.2 Å². The third-order valence-corrected chi connectivity index (χ3v) is 3.18. The van der Waals surface area contributed by atoms with Crippen LogP contribution in [0.2, 0.25) is 5.02 Å². The van der Waals surface area contributed by atoms with E-state index in [0.29, 0.717) is 17.8 Å². The van der Waals surface area contributed by atoms with Crippen LogP contribution in [-0.2, 0) is 6.54 Å². The zero-order chi connectivity index (χ0) is 14.9. The Morgan fingerprint density at radius 2 is 2.10 bits per heavy atom. The van der Waals surface area contributed by atoms with Gasteiger partial charge in [0.1, 0.15) is 5.69 Å². The summed E-state index contributed by atoms with van der Waals surface area (Å²) in [6.45, 7) is 2.17. The normalized spacial score (nSPS) is 10.5. The lowest BCUT2D eigenvalue weighted by atomic mass is 10.1. The third kappa shape index (κ3) is 2.37. The van der Waals surface area contributed by atoms with Crippen molar-refractivity contribution < 1.29 is 14.8 Å².